The van der Waals surface area contributed by atoms with Crippen LogP contribution in [0.15, 0.2) is 0 Å². The van der Waals surface area contributed by atoms with Crippen LogP contribution in [0.1, 0.15) is 0 Å². The molecular weight excluding hydrogens is 704 g/mol. The molecule has 0 bridgehead atoms. The van der Waals surface area contributed by atoms with E-state index in [1.807, 2.05) is 0 Å². The number of rotatable bonds is 40. The first-order valence-corrected chi connectivity index (χ1v) is 17.3. The van der Waals surface area contributed by atoms with E-state index in [9.17, 15) is 0 Å². The molecule has 260 valence electrons. The summed E-state index contributed by atoms with van der Waals surface area (Å²) in [7, 11) is 0. The minimum absolute atomic E-state index is 0.513. The third-order valence-corrected chi connectivity index (χ3v) is 5.55. The molecule has 0 aromatic carbocycles. The van der Waals surface area contributed by atoms with Gasteiger partial charge in [0.2, 0.25) is 0 Å². The molecule has 0 atom stereocenters. The summed E-state index contributed by atoms with van der Waals surface area (Å²) in [4.78, 5) is 0. The normalized spacial score (nSPS) is 11.6. The van der Waals surface area contributed by atoms with Crippen molar-refractivity contribution in [3.05, 3.63) is 0 Å². The molecule has 0 aromatic rings. The fourth-order valence-corrected chi connectivity index (χ4v) is 3.31. The highest BCUT2D eigenvalue weighted by atomic mass is 79.9. The summed E-state index contributed by atoms with van der Waals surface area (Å²) in [5.74, 6) is 0. The van der Waals surface area contributed by atoms with Crippen molar-refractivity contribution in [3.63, 3.8) is 0 Å². The van der Waals surface area contributed by atoms with Gasteiger partial charge in [0.15, 0.2) is 0 Å². The Hall–Kier alpha value is 0.440. The quantitative estimate of drug-likeness (QED) is 0.0670. The van der Waals surface area contributed by atoms with Gasteiger partial charge in [-0.15, -0.1) is 0 Å². The molecule has 15 heteroatoms. The van der Waals surface area contributed by atoms with Crippen LogP contribution in [0.25, 0.3) is 0 Å². The molecule has 0 aliphatic rings. The maximum Gasteiger partial charge on any atom is 0.0701 e. The van der Waals surface area contributed by atoms with Crippen LogP contribution in [0.4, 0.5) is 0 Å². The van der Waals surface area contributed by atoms with Crippen LogP contribution in [-0.4, -0.2) is 182 Å². The van der Waals surface area contributed by atoms with E-state index in [1.165, 1.54) is 0 Å². The highest BCUT2D eigenvalue weighted by Crippen LogP contribution is 1.88. The third-order valence-electron chi connectivity index (χ3n) is 4.91. The maximum atomic E-state index is 5.47. The molecule has 13 nitrogen and oxygen atoms in total. The fraction of sp³-hybridized carbons (Fsp3) is 1.00. The first kappa shape index (κ1) is 43.4. The maximum absolute atomic E-state index is 5.47. The van der Waals surface area contributed by atoms with Crippen molar-refractivity contribution in [2.75, 3.05) is 182 Å². The van der Waals surface area contributed by atoms with E-state index in [2.05, 4.69) is 31.9 Å². The summed E-state index contributed by atoms with van der Waals surface area (Å²) in [6, 6.07) is 0. The second-order valence-electron chi connectivity index (χ2n) is 8.34. The highest BCUT2D eigenvalue weighted by Gasteiger charge is 1.97. The molecule has 43 heavy (non-hydrogen) atoms. The van der Waals surface area contributed by atoms with Crippen LogP contribution in [-0.2, 0) is 61.6 Å². The zero-order chi connectivity index (χ0) is 31.0. The SMILES string of the molecule is BrCCOCCOCCOCCOCCOCCOCCOCCOCCOCCOCCOCCOCCOCCBr. The van der Waals surface area contributed by atoms with Crippen LogP contribution in [0, 0.1) is 0 Å². The number of halogens is 2. The molecule has 0 aliphatic heterocycles. The molecule has 0 aromatic heterocycles. The van der Waals surface area contributed by atoms with Crippen molar-refractivity contribution in [3.8, 4) is 0 Å². The van der Waals surface area contributed by atoms with Gasteiger partial charge in [0, 0.05) is 10.7 Å². The first-order chi connectivity index (χ1) is 21.4. The molecular formula is C28H56Br2O13. The Bertz CT molecular complexity index is 448. The van der Waals surface area contributed by atoms with Gasteiger partial charge >= 0.3 is 0 Å². The van der Waals surface area contributed by atoms with Gasteiger partial charge in [-0.05, 0) is 0 Å². The predicted molar refractivity (Wildman–Crippen MR) is 168 cm³/mol. The van der Waals surface area contributed by atoms with E-state index < -0.39 is 0 Å². The number of alkyl halides is 2. The van der Waals surface area contributed by atoms with E-state index >= 15 is 0 Å². The van der Waals surface area contributed by atoms with Crippen LogP contribution >= 0.6 is 31.9 Å². The average Bonchev–Trinajstić information content (AvgIpc) is 3.02. The smallest absolute Gasteiger partial charge is 0.0701 e. The lowest BCUT2D eigenvalue weighted by Crippen LogP contribution is -2.15. The van der Waals surface area contributed by atoms with Crippen LogP contribution in [0.2, 0.25) is 0 Å². The van der Waals surface area contributed by atoms with Gasteiger partial charge in [-0.2, -0.15) is 0 Å². The Kier molecular flexibility index (Phi) is 42.9. The Morgan fingerprint density at radius 3 is 0.349 bits per heavy atom. The lowest BCUT2D eigenvalue weighted by atomic mass is 10.6. The lowest BCUT2D eigenvalue weighted by molar-refractivity contribution is -0.0288. The topological polar surface area (TPSA) is 120 Å². The van der Waals surface area contributed by atoms with Gasteiger partial charge in [0.25, 0.3) is 0 Å². The number of hydrogen-bond acceptors (Lipinski definition) is 13. The molecule has 0 rings (SSSR count). The van der Waals surface area contributed by atoms with Crippen molar-refractivity contribution in [2.45, 2.75) is 0 Å². The summed E-state index contributed by atoms with van der Waals surface area (Å²) in [5, 5.41) is 1.68. The molecule has 0 saturated heterocycles. The highest BCUT2D eigenvalue weighted by molar-refractivity contribution is 9.09. The Balaban J connectivity index is 3.02. The first-order valence-electron chi connectivity index (χ1n) is 15.0. The summed E-state index contributed by atoms with van der Waals surface area (Å²) >= 11 is 6.60. The average molecular weight is 761 g/mol. The van der Waals surface area contributed by atoms with Crippen molar-refractivity contribution in [1.82, 2.24) is 0 Å². The van der Waals surface area contributed by atoms with Gasteiger partial charge < -0.3 is 61.6 Å². The van der Waals surface area contributed by atoms with Crippen molar-refractivity contribution < 1.29 is 61.6 Å². The Morgan fingerprint density at radius 2 is 0.256 bits per heavy atom. The van der Waals surface area contributed by atoms with E-state index in [0.717, 1.165) is 10.7 Å². The number of hydrogen-bond donors (Lipinski definition) is 0. The zero-order valence-corrected chi connectivity index (χ0v) is 29.0. The molecule has 0 N–H and O–H groups in total. The largest absolute Gasteiger partial charge is 0.378 e. The minimum atomic E-state index is 0.513. The molecule has 0 radical (unpaired) electrons. The molecule has 0 spiro atoms. The van der Waals surface area contributed by atoms with E-state index in [-0.39, 0.29) is 0 Å². The van der Waals surface area contributed by atoms with E-state index in [1.54, 1.807) is 0 Å². The van der Waals surface area contributed by atoms with Gasteiger partial charge in [0.05, 0.1) is 172 Å². The van der Waals surface area contributed by atoms with Crippen LogP contribution < -0.4 is 0 Å². The zero-order valence-electron chi connectivity index (χ0n) is 25.9. The molecule has 0 heterocycles. The van der Waals surface area contributed by atoms with Gasteiger partial charge in [-0.1, -0.05) is 31.9 Å². The Morgan fingerprint density at radius 1 is 0.163 bits per heavy atom. The van der Waals surface area contributed by atoms with Gasteiger partial charge in [-0.3, -0.25) is 0 Å². The number of ether oxygens (including phenoxy) is 13. The molecule has 0 fully saturated rings. The summed E-state index contributed by atoms with van der Waals surface area (Å²) in [6.45, 7) is 14.3. The predicted octanol–water partition coefficient (Wildman–Crippen LogP) is 1.99. The summed E-state index contributed by atoms with van der Waals surface area (Å²) in [5.41, 5.74) is 0. The monoisotopic (exact) mass is 758 g/mol. The van der Waals surface area contributed by atoms with Crippen molar-refractivity contribution in [1.29, 1.82) is 0 Å². The second-order valence-corrected chi connectivity index (χ2v) is 9.92. The fourth-order valence-electron chi connectivity index (χ4n) is 2.85. The molecule has 0 saturated carbocycles. The summed E-state index contributed by atoms with van der Waals surface area (Å²) in [6.07, 6.45) is 0. The lowest BCUT2D eigenvalue weighted by Gasteiger charge is -2.09. The molecule has 0 unspecified atom stereocenters. The van der Waals surface area contributed by atoms with E-state index in [4.69, 9.17) is 61.6 Å². The van der Waals surface area contributed by atoms with Gasteiger partial charge in [0.1, 0.15) is 0 Å². The van der Waals surface area contributed by atoms with Crippen molar-refractivity contribution >= 4 is 31.9 Å². The summed E-state index contributed by atoms with van der Waals surface area (Å²) < 4.78 is 70.4. The van der Waals surface area contributed by atoms with E-state index in [0.29, 0.717) is 172 Å². The Labute approximate surface area is 275 Å². The van der Waals surface area contributed by atoms with Gasteiger partial charge in [-0.25, -0.2) is 0 Å². The molecule has 0 amide bonds. The standard InChI is InChI=1S/C28H56Br2O13/c29-1-3-31-5-7-33-9-11-35-13-15-37-17-19-39-21-23-41-25-27-43-28-26-42-24-22-40-20-18-38-16-14-36-12-10-34-8-6-32-4-2-30/h1-28H2. The van der Waals surface area contributed by atoms with Crippen LogP contribution in [0.5, 0.6) is 0 Å². The minimum Gasteiger partial charge on any atom is -0.378 e. The van der Waals surface area contributed by atoms with Crippen molar-refractivity contribution in [2.24, 2.45) is 0 Å². The third kappa shape index (κ3) is 42.4. The second kappa shape index (κ2) is 42.4. The van der Waals surface area contributed by atoms with Crippen LogP contribution in [0.3, 0.4) is 0 Å². The molecule has 0 aliphatic carbocycles.